The number of nitrogens with two attached hydrogens (primary N) is 1. The summed E-state index contributed by atoms with van der Waals surface area (Å²) in [5.74, 6) is -0.199. The number of pyridine rings is 1. The maximum Gasteiger partial charge on any atom is 0.221 e. The molecule has 0 aromatic carbocycles. The number of hydrogen-bond donors (Lipinski definition) is 2. The third-order valence-electron chi connectivity index (χ3n) is 2.25. The molecule has 1 rings (SSSR count). The lowest BCUT2D eigenvalue weighted by Crippen LogP contribution is -2.24. The molecule has 0 spiro atoms. The predicted octanol–water partition coefficient (Wildman–Crippen LogP) is -0.379. The number of aromatic nitrogens is 1. The molecule has 3 N–H and O–H groups in total. The zero-order valence-electron chi connectivity index (χ0n) is 9.67. The molecule has 0 radical (unpaired) electrons. The fourth-order valence-corrected chi connectivity index (χ4v) is 1.88. The Morgan fingerprint density at radius 3 is 2.76 bits per heavy atom. The molecule has 1 amide bonds. The molecule has 7 heteroatoms. The van der Waals surface area contributed by atoms with Crippen LogP contribution in [0.25, 0.3) is 0 Å². The van der Waals surface area contributed by atoms with Crippen LogP contribution in [0, 0.1) is 0 Å². The molecule has 0 aliphatic carbocycles. The molecule has 17 heavy (non-hydrogen) atoms. The molecule has 94 valence electrons. The van der Waals surface area contributed by atoms with E-state index in [0.29, 0.717) is 5.56 Å². The van der Waals surface area contributed by atoms with Crippen molar-refractivity contribution in [3.8, 4) is 0 Å². The number of amides is 1. The van der Waals surface area contributed by atoms with Crippen LogP contribution in [0.2, 0.25) is 0 Å². The number of nitrogens with one attached hydrogen (secondary N) is 1. The van der Waals surface area contributed by atoms with Gasteiger partial charge in [0, 0.05) is 32.0 Å². The molecule has 0 saturated carbocycles. The van der Waals surface area contributed by atoms with Gasteiger partial charge in [0.1, 0.15) is 0 Å². The van der Waals surface area contributed by atoms with Gasteiger partial charge in [-0.05, 0) is 17.7 Å². The van der Waals surface area contributed by atoms with Crippen molar-refractivity contribution in [2.45, 2.75) is 17.5 Å². The summed E-state index contributed by atoms with van der Waals surface area (Å²) in [5, 5.41) is 2.42. The zero-order valence-corrected chi connectivity index (χ0v) is 10.5. The third-order valence-corrected chi connectivity index (χ3v) is 3.23. The normalized spacial score (nSPS) is 13.1. The van der Waals surface area contributed by atoms with Gasteiger partial charge in [0.15, 0.2) is 14.9 Å². The second kappa shape index (κ2) is 5.24. The SMILES string of the molecule is CNC(=O)C[C@H](N)c1ccnc(S(C)(=O)=O)c1. The van der Waals surface area contributed by atoms with Crippen molar-refractivity contribution in [1.29, 1.82) is 0 Å². The number of rotatable bonds is 4. The van der Waals surface area contributed by atoms with Crippen LogP contribution in [0.5, 0.6) is 0 Å². The standard InChI is InChI=1S/C10H15N3O3S/c1-12-9(14)6-8(11)7-3-4-13-10(5-7)17(2,15)16/h3-5,8H,6,11H2,1-2H3,(H,12,14)/t8-/m0/s1. The van der Waals surface area contributed by atoms with Crippen molar-refractivity contribution in [3.05, 3.63) is 23.9 Å². The molecule has 0 bridgehead atoms. The maximum absolute atomic E-state index is 11.3. The van der Waals surface area contributed by atoms with E-state index in [9.17, 15) is 13.2 Å². The van der Waals surface area contributed by atoms with E-state index < -0.39 is 15.9 Å². The smallest absolute Gasteiger partial charge is 0.221 e. The highest BCUT2D eigenvalue weighted by atomic mass is 32.2. The summed E-state index contributed by atoms with van der Waals surface area (Å²) in [6.07, 6.45) is 2.54. The van der Waals surface area contributed by atoms with Gasteiger partial charge in [-0.25, -0.2) is 13.4 Å². The lowest BCUT2D eigenvalue weighted by atomic mass is 10.1. The lowest BCUT2D eigenvalue weighted by Gasteiger charge is -2.11. The summed E-state index contributed by atoms with van der Waals surface area (Å²) in [7, 11) is -1.84. The molecular formula is C10H15N3O3S. The van der Waals surface area contributed by atoms with E-state index in [2.05, 4.69) is 10.3 Å². The minimum Gasteiger partial charge on any atom is -0.359 e. The van der Waals surface area contributed by atoms with Gasteiger partial charge in [-0.3, -0.25) is 4.79 Å². The van der Waals surface area contributed by atoms with E-state index in [-0.39, 0.29) is 17.4 Å². The first-order valence-electron chi connectivity index (χ1n) is 4.96. The molecule has 0 fully saturated rings. The molecule has 1 aromatic heterocycles. The van der Waals surface area contributed by atoms with E-state index in [4.69, 9.17) is 5.73 Å². The summed E-state index contributed by atoms with van der Waals surface area (Å²) >= 11 is 0. The number of carbonyl (C=O) groups is 1. The fourth-order valence-electron chi connectivity index (χ4n) is 1.28. The highest BCUT2D eigenvalue weighted by molar-refractivity contribution is 7.90. The molecular weight excluding hydrogens is 242 g/mol. The Labute approximate surface area is 100 Å². The quantitative estimate of drug-likeness (QED) is 0.765. The summed E-state index contributed by atoms with van der Waals surface area (Å²) in [4.78, 5) is 14.9. The van der Waals surface area contributed by atoms with E-state index in [1.807, 2.05) is 0 Å². The van der Waals surface area contributed by atoms with Crippen molar-refractivity contribution >= 4 is 15.7 Å². The number of nitrogens with zero attached hydrogens (tertiary/aromatic N) is 1. The number of carbonyl (C=O) groups excluding carboxylic acids is 1. The van der Waals surface area contributed by atoms with Crippen LogP contribution in [0.15, 0.2) is 23.4 Å². The lowest BCUT2D eigenvalue weighted by molar-refractivity contribution is -0.120. The first kappa shape index (κ1) is 13.6. The molecule has 1 atom stereocenters. The van der Waals surface area contributed by atoms with E-state index in [0.717, 1.165) is 6.26 Å². The first-order chi connectivity index (χ1) is 7.84. The van der Waals surface area contributed by atoms with Gasteiger partial charge in [0.25, 0.3) is 0 Å². The first-order valence-corrected chi connectivity index (χ1v) is 6.86. The van der Waals surface area contributed by atoms with Crippen molar-refractivity contribution < 1.29 is 13.2 Å². The van der Waals surface area contributed by atoms with Crippen LogP contribution in [0.4, 0.5) is 0 Å². The van der Waals surface area contributed by atoms with Crippen LogP contribution in [-0.2, 0) is 14.6 Å². The summed E-state index contributed by atoms with van der Waals surface area (Å²) in [6, 6.07) is 2.45. The minimum atomic E-state index is -3.36. The summed E-state index contributed by atoms with van der Waals surface area (Å²) < 4.78 is 22.6. The Bertz CT molecular complexity index is 513. The summed E-state index contributed by atoms with van der Waals surface area (Å²) in [5.41, 5.74) is 6.37. The van der Waals surface area contributed by atoms with Gasteiger partial charge in [0.05, 0.1) is 0 Å². The average Bonchev–Trinajstić information content (AvgIpc) is 2.28. The van der Waals surface area contributed by atoms with Gasteiger partial charge in [-0.1, -0.05) is 0 Å². The van der Waals surface area contributed by atoms with Gasteiger partial charge < -0.3 is 11.1 Å². The zero-order chi connectivity index (χ0) is 13.1. The van der Waals surface area contributed by atoms with Crippen LogP contribution in [0.3, 0.4) is 0 Å². The predicted molar refractivity (Wildman–Crippen MR) is 63.0 cm³/mol. The van der Waals surface area contributed by atoms with E-state index in [1.165, 1.54) is 19.3 Å². The van der Waals surface area contributed by atoms with Gasteiger partial charge in [0.2, 0.25) is 5.91 Å². The Morgan fingerprint density at radius 2 is 2.24 bits per heavy atom. The fraction of sp³-hybridized carbons (Fsp3) is 0.400. The van der Waals surface area contributed by atoms with Gasteiger partial charge in [-0.2, -0.15) is 0 Å². The summed E-state index contributed by atoms with van der Waals surface area (Å²) in [6.45, 7) is 0. The molecule has 0 saturated heterocycles. The monoisotopic (exact) mass is 257 g/mol. The van der Waals surface area contributed by atoms with Gasteiger partial charge >= 0.3 is 0 Å². The topological polar surface area (TPSA) is 102 Å². The van der Waals surface area contributed by atoms with Crippen LogP contribution in [0.1, 0.15) is 18.0 Å². The van der Waals surface area contributed by atoms with Crippen molar-refractivity contribution in [1.82, 2.24) is 10.3 Å². The molecule has 1 aromatic rings. The molecule has 1 heterocycles. The van der Waals surface area contributed by atoms with Crippen molar-refractivity contribution in [2.75, 3.05) is 13.3 Å². The highest BCUT2D eigenvalue weighted by Crippen LogP contribution is 2.16. The average molecular weight is 257 g/mol. The van der Waals surface area contributed by atoms with E-state index in [1.54, 1.807) is 6.07 Å². The van der Waals surface area contributed by atoms with Gasteiger partial charge in [-0.15, -0.1) is 0 Å². The van der Waals surface area contributed by atoms with E-state index >= 15 is 0 Å². The minimum absolute atomic E-state index is 0.0395. The Hall–Kier alpha value is -1.47. The number of hydrogen-bond acceptors (Lipinski definition) is 5. The Balaban J connectivity index is 2.96. The van der Waals surface area contributed by atoms with Crippen LogP contribution >= 0.6 is 0 Å². The molecule has 0 aliphatic heterocycles. The largest absolute Gasteiger partial charge is 0.359 e. The van der Waals surface area contributed by atoms with Crippen molar-refractivity contribution in [3.63, 3.8) is 0 Å². The molecule has 6 nitrogen and oxygen atoms in total. The third kappa shape index (κ3) is 3.79. The molecule has 0 unspecified atom stereocenters. The maximum atomic E-state index is 11.3. The second-order valence-electron chi connectivity index (χ2n) is 3.68. The Kier molecular flexibility index (Phi) is 4.19. The number of sulfone groups is 1. The van der Waals surface area contributed by atoms with Crippen molar-refractivity contribution in [2.24, 2.45) is 5.73 Å². The molecule has 0 aliphatic rings. The van der Waals surface area contributed by atoms with Crippen LogP contribution in [-0.4, -0.2) is 32.6 Å². The highest BCUT2D eigenvalue weighted by Gasteiger charge is 2.14. The second-order valence-corrected chi connectivity index (χ2v) is 5.65. The Morgan fingerprint density at radius 1 is 1.59 bits per heavy atom. The van der Waals surface area contributed by atoms with Crippen LogP contribution < -0.4 is 11.1 Å².